The van der Waals surface area contributed by atoms with E-state index in [-0.39, 0.29) is 28.7 Å². The van der Waals surface area contributed by atoms with Crippen LogP contribution in [0.5, 0.6) is 0 Å². The van der Waals surface area contributed by atoms with Crippen LogP contribution < -0.4 is 10.6 Å². The molecule has 1 aromatic rings. The maximum Gasteiger partial charge on any atom is 0.191 e. The number of guanidine groups is 1. The summed E-state index contributed by atoms with van der Waals surface area (Å²) in [4.78, 5) is 6.32. The third kappa shape index (κ3) is 7.64. The summed E-state index contributed by atoms with van der Waals surface area (Å²) in [7, 11) is 0. The van der Waals surface area contributed by atoms with Crippen LogP contribution in [-0.2, 0) is 4.74 Å². The predicted octanol–water partition coefficient (Wildman–Crippen LogP) is 4.33. The zero-order chi connectivity index (χ0) is 17.3. The van der Waals surface area contributed by atoms with Gasteiger partial charge in [-0.25, -0.2) is 0 Å². The van der Waals surface area contributed by atoms with E-state index in [1.807, 2.05) is 23.1 Å². The Kier molecular flexibility index (Phi) is 11.4. The van der Waals surface area contributed by atoms with Crippen molar-refractivity contribution in [1.82, 2.24) is 10.6 Å². The highest BCUT2D eigenvalue weighted by molar-refractivity contribution is 14.0. The molecule has 1 aliphatic rings. The van der Waals surface area contributed by atoms with Gasteiger partial charge in [0.05, 0.1) is 6.54 Å². The number of nitrogens with one attached hydrogen (secondary N) is 2. The minimum atomic E-state index is 0. The third-order valence-electron chi connectivity index (χ3n) is 4.33. The van der Waals surface area contributed by atoms with Gasteiger partial charge in [0, 0.05) is 41.8 Å². The molecule has 0 aromatic carbocycles. The molecule has 0 bridgehead atoms. The van der Waals surface area contributed by atoms with Gasteiger partial charge in [-0.2, -0.15) is 11.8 Å². The number of nitrogens with zero attached hydrogens (tertiary/aromatic N) is 1. The second-order valence-corrected chi connectivity index (χ2v) is 8.93. The second kappa shape index (κ2) is 12.4. The molecule has 1 saturated heterocycles. The van der Waals surface area contributed by atoms with E-state index in [2.05, 4.69) is 48.9 Å². The lowest BCUT2D eigenvalue weighted by molar-refractivity contribution is 0.0793. The number of ether oxygens (including phenoxy) is 1. The number of hydrogen-bond acceptors (Lipinski definition) is 4. The van der Waals surface area contributed by atoms with Gasteiger partial charge in [0.25, 0.3) is 0 Å². The second-order valence-electron chi connectivity index (χ2n) is 6.22. The maximum atomic E-state index is 5.55. The van der Waals surface area contributed by atoms with Crippen molar-refractivity contribution in [2.24, 2.45) is 4.99 Å². The van der Waals surface area contributed by atoms with Gasteiger partial charge in [-0.1, -0.05) is 19.9 Å². The molecule has 2 N–H and O–H groups in total. The molecule has 0 aliphatic carbocycles. The van der Waals surface area contributed by atoms with Crippen molar-refractivity contribution >= 4 is 53.0 Å². The summed E-state index contributed by atoms with van der Waals surface area (Å²) in [5, 5.41) is 9.04. The van der Waals surface area contributed by atoms with Gasteiger partial charge in [-0.15, -0.1) is 35.3 Å². The van der Waals surface area contributed by atoms with Crippen LogP contribution in [0.25, 0.3) is 0 Å². The quantitative estimate of drug-likeness (QED) is 0.319. The molecule has 0 amide bonds. The van der Waals surface area contributed by atoms with Gasteiger partial charge in [-0.05, 0) is 37.0 Å². The van der Waals surface area contributed by atoms with Crippen LogP contribution in [0.3, 0.4) is 0 Å². The van der Waals surface area contributed by atoms with E-state index in [1.165, 1.54) is 4.88 Å². The van der Waals surface area contributed by atoms with Gasteiger partial charge >= 0.3 is 0 Å². The summed E-state index contributed by atoms with van der Waals surface area (Å²) in [6, 6.07) is 4.32. The monoisotopic (exact) mass is 497 g/mol. The Balaban J connectivity index is 0.00000312. The lowest BCUT2D eigenvalue weighted by Gasteiger charge is -2.35. The molecular weight excluding hydrogens is 465 g/mol. The first kappa shape index (κ1) is 23.0. The highest BCUT2D eigenvalue weighted by Gasteiger charge is 2.32. The first-order valence-electron chi connectivity index (χ1n) is 8.96. The Morgan fingerprint density at radius 3 is 2.72 bits per heavy atom. The van der Waals surface area contributed by atoms with Crippen LogP contribution in [0.4, 0.5) is 0 Å². The summed E-state index contributed by atoms with van der Waals surface area (Å²) < 4.78 is 5.80. The standard InChI is InChI=1S/C18H31N3OS2.HI/c1-4-19-17(20-13-15(3)16-7-6-12-23-16)21-14-18(24-5-2)8-10-22-11-9-18;/h6-7,12,15H,4-5,8-11,13-14H2,1-3H3,(H2,19,20,21);1H. The lowest BCUT2D eigenvalue weighted by atomic mass is 9.99. The van der Waals surface area contributed by atoms with Crippen LogP contribution in [0, 0.1) is 0 Å². The molecular formula is C18H32IN3OS2. The van der Waals surface area contributed by atoms with Crippen LogP contribution in [0.15, 0.2) is 22.5 Å². The number of halogens is 1. The molecule has 2 rings (SSSR count). The number of thioether (sulfide) groups is 1. The Bertz CT molecular complexity index is 485. The van der Waals surface area contributed by atoms with Gasteiger partial charge < -0.3 is 15.4 Å². The smallest absolute Gasteiger partial charge is 0.191 e. The SMILES string of the molecule is CCNC(=NCC1(SCC)CCOCC1)NCC(C)c1cccs1.I. The van der Waals surface area contributed by atoms with Gasteiger partial charge in [-0.3, -0.25) is 4.99 Å². The average Bonchev–Trinajstić information content (AvgIpc) is 3.13. The first-order chi connectivity index (χ1) is 11.7. The number of thiophene rings is 1. The number of rotatable bonds is 8. The van der Waals surface area contributed by atoms with E-state index in [1.54, 1.807) is 0 Å². The molecule has 1 atom stereocenters. The van der Waals surface area contributed by atoms with E-state index in [9.17, 15) is 0 Å². The van der Waals surface area contributed by atoms with Crippen molar-refractivity contribution in [3.63, 3.8) is 0 Å². The third-order valence-corrected chi connectivity index (χ3v) is 6.87. The molecule has 4 nitrogen and oxygen atoms in total. The average molecular weight is 498 g/mol. The Hall–Kier alpha value is 0.01000. The summed E-state index contributed by atoms with van der Waals surface area (Å²) >= 11 is 3.86. The molecule has 7 heteroatoms. The zero-order valence-electron chi connectivity index (χ0n) is 15.5. The lowest BCUT2D eigenvalue weighted by Crippen LogP contribution is -2.42. The van der Waals surface area contributed by atoms with E-state index in [4.69, 9.17) is 9.73 Å². The van der Waals surface area contributed by atoms with Gasteiger partial charge in [0.1, 0.15) is 0 Å². The summed E-state index contributed by atoms with van der Waals surface area (Å²) in [6.45, 7) is 11.0. The van der Waals surface area contributed by atoms with E-state index in [0.29, 0.717) is 5.92 Å². The number of aliphatic imine (C=N–C) groups is 1. The fourth-order valence-corrected chi connectivity index (χ4v) is 4.90. The first-order valence-corrected chi connectivity index (χ1v) is 10.8. The molecule has 1 aromatic heterocycles. The van der Waals surface area contributed by atoms with Crippen molar-refractivity contribution in [1.29, 1.82) is 0 Å². The van der Waals surface area contributed by atoms with Crippen LogP contribution in [0.2, 0.25) is 0 Å². The Labute approximate surface area is 178 Å². The fourth-order valence-electron chi connectivity index (χ4n) is 2.88. The van der Waals surface area contributed by atoms with E-state index < -0.39 is 0 Å². The predicted molar refractivity (Wildman–Crippen MR) is 123 cm³/mol. The largest absolute Gasteiger partial charge is 0.381 e. The molecule has 25 heavy (non-hydrogen) atoms. The molecule has 144 valence electrons. The highest BCUT2D eigenvalue weighted by Crippen LogP contribution is 2.35. The van der Waals surface area contributed by atoms with Crippen molar-refractivity contribution in [3.05, 3.63) is 22.4 Å². The van der Waals surface area contributed by atoms with Gasteiger partial charge in [0.2, 0.25) is 0 Å². The minimum absolute atomic E-state index is 0. The van der Waals surface area contributed by atoms with E-state index in [0.717, 1.165) is 57.4 Å². The summed E-state index contributed by atoms with van der Waals surface area (Å²) in [5.41, 5.74) is 0. The van der Waals surface area contributed by atoms with Crippen LogP contribution >= 0.6 is 47.1 Å². The molecule has 0 spiro atoms. The topological polar surface area (TPSA) is 45.7 Å². The molecule has 0 saturated carbocycles. The maximum absolute atomic E-state index is 5.55. The van der Waals surface area contributed by atoms with Crippen molar-refractivity contribution in [2.75, 3.05) is 38.6 Å². The minimum Gasteiger partial charge on any atom is -0.381 e. The highest BCUT2D eigenvalue weighted by atomic mass is 127. The van der Waals surface area contributed by atoms with Crippen molar-refractivity contribution in [2.45, 2.75) is 44.3 Å². The Morgan fingerprint density at radius 1 is 1.36 bits per heavy atom. The Morgan fingerprint density at radius 2 is 2.12 bits per heavy atom. The molecule has 2 heterocycles. The number of hydrogen-bond donors (Lipinski definition) is 2. The molecule has 1 fully saturated rings. The normalized spacial score (nSPS) is 18.3. The van der Waals surface area contributed by atoms with Crippen molar-refractivity contribution < 1.29 is 4.74 Å². The van der Waals surface area contributed by atoms with Crippen molar-refractivity contribution in [3.8, 4) is 0 Å². The van der Waals surface area contributed by atoms with Gasteiger partial charge in [0.15, 0.2) is 5.96 Å². The molecule has 1 aliphatic heterocycles. The summed E-state index contributed by atoms with van der Waals surface area (Å²) in [6.07, 6.45) is 2.19. The zero-order valence-corrected chi connectivity index (χ0v) is 19.5. The van der Waals surface area contributed by atoms with Crippen LogP contribution in [-0.4, -0.2) is 49.3 Å². The fraction of sp³-hybridized carbons (Fsp3) is 0.722. The molecule has 0 radical (unpaired) electrons. The summed E-state index contributed by atoms with van der Waals surface area (Å²) in [5.74, 6) is 2.56. The van der Waals surface area contributed by atoms with Crippen LogP contribution in [0.1, 0.15) is 44.4 Å². The van der Waals surface area contributed by atoms with E-state index >= 15 is 0 Å². The molecule has 1 unspecified atom stereocenters.